The van der Waals surface area contributed by atoms with Crippen molar-refractivity contribution in [1.82, 2.24) is 5.32 Å². The molecule has 0 heterocycles. The van der Waals surface area contributed by atoms with Crippen LogP contribution in [-0.4, -0.2) is 23.5 Å². The van der Waals surface area contributed by atoms with Gasteiger partial charge in [0.1, 0.15) is 0 Å². The van der Waals surface area contributed by atoms with Crippen molar-refractivity contribution in [2.24, 2.45) is 10.9 Å². The highest BCUT2D eigenvalue weighted by atomic mass is 16.4. The second-order valence-corrected chi connectivity index (χ2v) is 3.28. The third-order valence-electron chi connectivity index (χ3n) is 2.20. The summed E-state index contributed by atoms with van der Waals surface area (Å²) in [6.45, 7) is 2.02. The van der Waals surface area contributed by atoms with Crippen molar-refractivity contribution in [1.29, 1.82) is 0 Å². The van der Waals surface area contributed by atoms with Gasteiger partial charge < -0.3 is 16.3 Å². The summed E-state index contributed by atoms with van der Waals surface area (Å²) in [4.78, 5) is 11.7. The average molecular weight is 221 g/mol. The summed E-state index contributed by atoms with van der Waals surface area (Å²) < 4.78 is 0. The molecule has 0 aliphatic heterocycles. The van der Waals surface area contributed by atoms with Gasteiger partial charge in [-0.05, 0) is 18.1 Å². The highest BCUT2D eigenvalue weighted by Gasteiger charge is 2.09. The van der Waals surface area contributed by atoms with Crippen molar-refractivity contribution in [2.75, 3.05) is 6.54 Å². The van der Waals surface area contributed by atoms with Crippen LogP contribution >= 0.6 is 0 Å². The van der Waals surface area contributed by atoms with Crippen LogP contribution in [0.15, 0.2) is 29.4 Å². The summed E-state index contributed by atoms with van der Waals surface area (Å²) in [5.74, 6) is -0.244. The molecule has 0 atom stereocenters. The summed E-state index contributed by atoms with van der Waals surface area (Å²) in [7, 11) is 0. The molecule has 1 aromatic carbocycles. The highest BCUT2D eigenvalue weighted by molar-refractivity contribution is 5.98. The predicted octanol–water partition coefficient (Wildman–Crippen LogP) is 0.725. The van der Waals surface area contributed by atoms with Crippen molar-refractivity contribution < 1.29 is 10.0 Å². The topological polar surface area (TPSA) is 87.7 Å². The van der Waals surface area contributed by atoms with Gasteiger partial charge >= 0.3 is 0 Å². The maximum absolute atomic E-state index is 11.7. The van der Waals surface area contributed by atoms with E-state index in [4.69, 9.17) is 10.9 Å². The molecule has 1 aromatic rings. The van der Waals surface area contributed by atoms with Crippen molar-refractivity contribution >= 4 is 11.7 Å². The van der Waals surface area contributed by atoms with Crippen LogP contribution in [0.25, 0.3) is 0 Å². The number of nitrogens with one attached hydrogen (secondary N) is 1. The molecule has 0 bridgehead atoms. The Morgan fingerprint density at radius 3 is 2.81 bits per heavy atom. The van der Waals surface area contributed by atoms with Gasteiger partial charge in [-0.2, -0.15) is 0 Å². The van der Waals surface area contributed by atoms with Crippen LogP contribution in [0.5, 0.6) is 0 Å². The first-order chi connectivity index (χ1) is 7.69. The number of aryl methyl sites for hydroxylation is 1. The lowest BCUT2D eigenvalue weighted by Gasteiger charge is -2.07. The van der Waals surface area contributed by atoms with Crippen molar-refractivity contribution in [3.05, 3.63) is 35.4 Å². The molecular weight excluding hydrogens is 206 g/mol. The Labute approximate surface area is 94.0 Å². The van der Waals surface area contributed by atoms with E-state index in [9.17, 15) is 4.79 Å². The molecule has 86 valence electrons. The van der Waals surface area contributed by atoms with Gasteiger partial charge in [-0.3, -0.25) is 4.79 Å². The van der Waals surface area contributed by atoms with E-state index in [0.717, 1.165) is 12.0 Å². The SMILES string of the molecule is CCc1ccccc1C(=O)NC/C(N)=N/O. The molecule has 0 saturated heterocycles. The van der Waals surface area contributed by atoms with E-state index in [2.05, 4.69) is 10.5 Å². The van der Waals surface area contributed by atoms with Crippen LogP contribution in [0.1, 0.15) is 22.8 Å². The molecule has 0 unspecified atom stereocenters. The molecule has 0 fully saturated rings. The lowest BCUT2D eigenvalue weighted by atomic mass is 10.0. The summed E-state index contributed by atoms with van der Waals surface area (Å²) in [5, 5.41) is 13.7. The first kappa shape index (κ1) is 12.0. The quantitative estimate of drug-likeness (QED) is 0.303. The minimum atomic E-state index is -0.218. The monoisotopic (exact) mass is 221 g/mol. The normalized spacial score (nSPS) is 11.2. The fourth-order valence-corrected chi connectivity index (χ4v) is 1.35. The molecular formula is C11H15N3O2. The first-order valence-electron chi connectivity index (χ1n) is 5.01. The molecule has 0 spiro atoms. The van der Waals surface area contributed by atoms with Gasteiger partial charge in [-0.1, -0.05) is 30.3 Å². The number of oxime groups is 1. The highest BCUT2D eigenvalue weighted by Crippen LogP contribution is 2.08. The zero-order valence-electron chi connectivity index (χ0n) is 9.10. The second-order valence-electron chi connectivity index (χ2n) is 3.28. The summed E-state index contributed by atoms with van der Waals surface area (Å²) in [6, 6.07) is 7.34. The van der Waals surface area contributed by atoms with Gasteiger partial charge in [0.25, 0.3) is 5.91 Å². The average Bonchev–Trinajstić information content (AvgIpc) is 2.35. The number of rotatable bonds is 4. The van der Waals surface area contributed by atoms with Crippen LogP contribution < -0.4 is 11.1 Å². The standard InChI is InChI=1S/C11H15N3O2/c1-2-8-5-3-4-6-9(8)11(15)13-7-10(12)14-16/h3-6,16H,2,7H2,1H3,(H2,12,14)(H,13,15). The molecule has 0 aliphatic carbocycles. The number of nitrogens with zero attached hydrogens (tertiary/aromatic N) is 1. The molecule has 0 saturated carbocycles. The molecule has 1 rings (SSSR count). The van der Waals surface area contributed by atoms with Crippen molar-refractivity contribution in [2.45, 2.75) is 13.3 Å². The van der Waals surface area contributed by atoms with Crippen LogP contribution in [0.2, 0.25) is 0 Å². The Bertz CT molecular complexity index is 402. The zero-order valence-corrected chi connectivity index (χ0v) is 9.10. The van der Waals surface area contributed by atoms with Crippen molar-refractivity contribution in [3.63, 3.8) is 0 Å². The van der Waals surface area contributed by atoms with Gasteiger partial charge in [0.15, 0.2) is 5.84 Å². The lowest BCUT2D eigenvalue weighted by molar-refractivity contribution is 0.0958. The molecule has 0 aliphatic rings. The molecule has 4 N–H and O–H groups in total. The van der Waals surface area contributed by atoms with E-state index in [0.29, 0.717) is 5.56 Å². The van der Waals surface area contributed by atoms with Crippen molar-refractivity contribution in [3.8, 4) is 0 Å². The summed E-state index contributed by atoms with van der Waals surface area (Å²) >= 11 is 0. The largest absolute Gasteiger partial charge is 0.409 e. The number of benzene rings is 1. The van der Waals surface area contributed by atoms with Gasteiger partial charge in [-0.25, -0.2) is 0 Å². The maximum Gasteiger partial charge on any atom is 0.251 e. The molecule has 0 aromatic heterocycles. The molecule has 5 heteroatoms. The van der Waals surface area contributed by atoms with Gasteiger partial charge in [0.2, 0.25) is 0 Å². The molecule has 16 heavy (non-hydrogen) atoms. The lowest BCUT2D eigenvalue weighted by Crippen LogP contribution is -2.34. The maximum atomic E-state index is 11.7. The number of amidine groups is 1. The summed E-state index contributed by atoms with van der Waals surface area (Å²) in [6.07, 6.45) is 0.785. The molecule has 1 amide bonds. The van der Waals surface area contributed by atoms with Gasteiger partial charge in [0, 0.05) is 5.56 Å². The number of carbonyl (C=O) groups excluding carboxylic acids is 1. The van der Waals surface area contributed by atoms with E-state index in [-0.39, 0.29) is 18.3 Å². The number of hydrogen-bond donors (Lipinski definition) is 3. The summed E-state index contributed by atoms with van der Waals surface area (Å²) in [5.41, 5.74) is 6.85. The smallest absolute Gasteiger partial charge is 0.251 e. The Morgan fingerprint density at radius 2 is 2.19 bits per heavy atom. The Kier molecular flexibility index (Phi) is 4.32. The number of nitrogens with two attached hydrogens (primary N) is 1. The third-order valence-corrected chi connectivity index (χ3v) is 2.20. The van der Waals surface area contributed by atoms with Crippen LogP contribution in [-0.2, 0) is 6.42 Å². The van der Waals surface area contributed by atoms with Crippen LogP contribution in [0.4, 0.5) is 0 Å². The third kappa shape index (κ3) is 2.98. The fraction of sp³-hybridized carbons (Fsp3) is 0.273. The van der Waals surface area contributed by atoms with E-state index in [1.54, 1.807) is 12.1 Å². The van der Waals surface area contributed by atoms with E-state index in [1.807, 2.05) is 19.1 Å². The predicted molar refractivity (Wildman–Crippen MR) is 61.6 cm³/mol. The Morgan fingerprint density at radius 1 is 1.50 bits per heavy atom. The molecule has 5 nitrogen and oxygen atoms in total. The minimum absolute atomic E-state index is 0.0256. The van der Waals surface area contributed by atoms with Gasteiger partial charge in [-0.15, -0.1) is 0 Å². The minimum Gasteiger partial charge on any atom is -0.409 e. The van der Waals surface area contributed by atoms with E-state index >= 15 is 0 Å². The van der Waals surface area contributed by atoms with Crippen LogP contribution in [0.3, 0.4) is 0 Å². The number of carbonyl (C=O) groups is 1. The number of amides is 1. The second kappa shape index (κ2) is 5.75. The Balaban J connectivity index is 2.73. The van der Waals surface area contributed by atoms with E-state index < -0.39 is 0 Å². The Hall–Kier alpha value is -2.04. The number of hydrogen-bond acceptors (Lipinski definition) is 3. The first-order valence-corrected chi connectivity index (χ1v) is 5.01. The van der Waals surface area contributed by atoms with Gasteiger partial charge in [0.05, 0.1) is 6.54 Å². The zero-order chi connectivity index (χ0) is 12.0. The van der Waals surface area contributed by atoms with E-state index in [1.165, 1.54) is 0 Å². The molecule has 0 radical (unpaired) electrons. The fourth-order valence-electron chi connectivity index (χ4n) is 1.35. The van der Waals surface area contributed by atoms with Crippen LogP contribution in [0, 0.1) is 0 Å².